The molecular weight excluding hydrogens is 606 g/mol. The molecule has 0 saturated heterocycles. The normalized spacial score (nSPS) is 15.8. The minimum atomic E-state index is -0.273. The number of nitrogens with one attached hydrogen (secondary N) is 1. The van der Waals surface area contributed by atoms with Crippen molar-refractivity contribution in [3.05, 3.63) is 126 Å². The molecule has 2 fully saturated rings. The summed E-state index contributed by atoms with van der Waals surface area (Å²) < 4.78 is 28.0. The standard InChI is InChI=1S/C22H23FN4O.C17H19FN2/c1-15(17-10-11-24-20(12-17)16-6-8-18(23)9-7-16)27(19-4-3-5-19)22(28)21-13-26(2)14-25-21;1-12(20-16-3-2-4-16)14-9-10-19-17(11-14)13-5-7-15(18)8-6-13/h6-15,19H,3-5H2,1-2H3;5-12,16,20H,2-4H2,1H3. The van der Waals surface area contributed by atoms with Crippen LogP contribution in [0.25, 0.3) is 22.5 Å². The Morgan fingerprint density at radius 1 is 0.792 bits per heavy atom. The van der Waals surface area contributed by atoms with Gasteiger partial charge in [0.25, 0.3) is 5.91 Å². The third kappa shape index (κ3) is 7.85. The molecule has 1 amide bonds. The third-order valence-corrected chi connectivity index (χ3v) is 9.47. The van der Waals surface area contributed by atoms with Crippen molar-refractivity contribution in [3.63, 3.8) is 0 Å². The number of halogens is 2. The van der Waals surface area contributed by atoms with E-state index in [1.807, 2.05) is 43.3 Å². The fourth-order valence-electron chi connectivity index (χ4n) is 6.14. The maximum atomic E-state index is 13.2. The first kappa shape index (κ1) is 33.2. The van der Waals surface area contributed by atoms with Gasteiger partial charge in [-0.15, -0.1) is 0 Å². The van der Waals surface area contributed by atoms with Crippen molar-refractivity contribution in [2.45, 2.75) is 76.5 Å². The predicted octanol–water partition coefficient (Wildman–Crippen LogP) is 8.47. The zero-order valence-electron chi connectivity index (χ0n) is 27.7. The molecule has 0 aliphatic heterocycles. The quantitative estimate of drug-likeness (QED) is 0.174. The summed E-state index contributed by atoms with van der Waals surface area (Å²) in [6.07, 6.45) is 14.0. The number of aromatic nitrogens is 4. The van der Waals surface area contributed by atoms with E-state index in [0.29, 0.717) is 17.8 Å². The molecule has 1 N–H and O–H groups in total. The van der Waals surface area contributed by atoms with Gasteiger partial charge in [-0.25, -0.2) is 13.8 Å². The van der Waals surface area contributed by atoms with Crippen molar-refractivity contribution in [3.8, 4) is 22.5 Å². The number of hydrogen-bond acceptors (Lipinski definition) is 5. The number of carbonyl (C=O) groups is 1. The first-order valence-electron chi connectivity index (χ1n) is 16.8. The summed E-state index contributed by atoms with van der Waals surface area (Å²) in [5, 5.41) is 3.63. The molecule has 9 heteroatoms. The number of aryl methyl sites for hydroxylation is 1. The number of pyridine rings is 2. The first-order chi connectivity index (χ1) is 23.2. The van der Waals surface area contributed by atoms with Gasteiger partial charge in [0.15, 0.2) is 0 Å². The van der Waals surface area contributed by atoms with E-state index in [1.165, 1.54) is 49.1 Å². The average molecular weight is 649 g/mol. The number of amides is 1. The molecule has 0 radical (unpaired) electrons. The molecule has 2 saturated carbocycles. The van der Waals surface area contributed by atoms with Crippen LogP contribution in [0.3, 0.4) is 0 Å². The number of benzene rings is 2. The van der Waals surface area contributed by atoms with E-state index < -0.39 is 0 Å². The molecule has 0 spiro atoms. The second kappa shape index (κ2) is 15.0. The fourth-order valence-corrected chi connectivity index (χ4v) is 6.14. The van der Waals surface area contributed by atoms with Crippen molar-refractivity contribution in [2.24, 2.45) is 7.05 Å². The van der Waals surface area contributed by atoms with Crippen LogP contribution in [0.2, 0.25) is 0 Å². The zero-order valence-corrected chi connectivity index (χ0v) is 27.7. The largest absolute Gasteiger partial charge is 0.340 e. The Morgan fingerprint density at radius 2 is 1.33 bits per heavy atom. The third-order valence-electron chi connectivity index (χ3n) is 9.47. The van der Waals surface area contributed by atoms with Crippen LogP contribution in [0.5, 0.6) is 0 Å². The van der Waals surface area contributed by atoms with E-state index in [-0.39, 0.29) is 29.6 Å². The summed E-state index contributed by atoms with van der Waals surface area (Å²) in [5.74, 6) is -0.534. The number of carbonyl (C=O) groups excluding carboxylic acids is 1. The maximum absolute atomic E-state index is 13.2. The Kier molecular flexibility index (Phi) is 10.3. The minimum absolute atomic E-state index is 0.0436. The van der Waals surface area contributed by atoms with Crippen LogP contribution in [0.1, 0.15) is 86.1 Å². The van der Waals surface area contributed by atoms with E-state index in [0.717, 1.165) is 47.3 Å². The molecule has 2 unspecified atom stereocenters. The molecule has 7 nitrogen and oxygen atoms in total. The number of hydrogen-bond donors (Lipinski definition) is 1. The van der Waals surface area contributed by atoms with Gasteiger partial charge in [-0.05, 0) is 130 Å². The van der Waals surface area contributed by atoms with Crippen LogP contribution in [0.4, 0.5) is 8.78 Å². The summed E-state index contributed by atoms with van der Waals surface area (Å²) in [6, 6.07) is 21.9. The summed E-state index contributed by atoms with van der Waals surface area (Å²) in [7, 11) is 1.86. The highest BCUT2D eigenvalue weighted by Gasteiger charge is 2.34. The van der Waals surface area contributed by atoms with Crippen LogP contribution in [-0.2, 0) is 7.05 Å². The number of nitrogens with zero attached hydrogens (tertiary/aromatic N) is 5. The minimum Gasteiger partial charge on any atom is -0.340 e. The van der Waals surface area contributed by atoms with Gasteiger partial charge in [0.1, 0.15) is 17.3 Å². The predicted molar refractivity (Wildman–Crippen MR) is 184 cm³/mol. The van der Waals surface area contributed by atoms with Crippen molar-refractivity contribution in [1.29, 1.82) is 0 Å². The van der Waals surface area contributed by atoms with E-state index in [2.05, 4.69) is 33.3 Å². The highest BCUT2D eigenvalue weighted by Crippen LogP contribution is 2.34. The SMILES string of the molecule is CC(NC1CCC1)c1ccnc(-c2ccc(F)cc2)c1.CC(c1ccnc(-c2ccc(F)cc2)c1)N(C(=O)c1cn(C)cn1)C1CCC1. The Morgan fingerprint density at radius 3 is 1.81 bits per heavy atom. The molecule has 248 valence electrons. The number of imidazole rings is 1. The highest BCUT2D eigenvalue weighted by molar-refractivity contribution is 5.92. The molecule has 2 aliphatic rings. The van der Waals surface area contributed by atoms with Crippen molar-refractivity contribution in [2.75, 3.05) is 0 Å². The Bertz CT molecular complexity index is 1820. The van der Waals surface area contributed by atoms with Gasteiger partial charge in [0.05, 0.1) is 23.8 Å². The second-order valence-electron chi connectivity index (χ2n) is 12.9. The molecule has 2 aromatic carbocycles. The molecular formula is C39H42F2N6O. The monoisotopic (exact) mass is 648 g/mol. The van der Waals surface area contributed by atoms with E-state index in [1.54, 1.807) is 47.6 Å². The Labute approximate surface area is 281 Å². The summed E-state index contributed by atoms with van der Waals surface area (Å²) in [5.41, 5.74) is 6.16. The van der Waals surface area contributed by atoms with Crippen LogP contribution < -0.4 is 5.32 Å². The molecule has 7 rings (SSSR count). The molecule has 0 bridgehead atoms. The smallest absolute Gasteiger partial charge is 0.274 e. The van der Waals surface area contributed by atoms with Crippen LogP contribution in [0.15, 0.2) is 97.7 Å². The topological polar surface area (TPSA) is 75.9 Å². The van der Waals surface area contributed by atoms with Crippen LogP contribution >= 0.6 is 0 Å². The molecule has 3 aromatic heterocycles. The zero-order chi connectivity index (χ0) is 33.6. The molecule has 48 heavy (non-hydrogen) atoms. The second-order valence-corrected chi connectivity index (χ2v) is 12.9. The van der Waals surface area contributed by atoms with Gasteiger partial charge < -0.3 is 14.8 Å². The van der Waals surface area contributed by atoms with Gasteiger partial charge in [-0.1, -0.05) is 6.42 Å². The van der Waals surface area contributed by atoms with Crippen molar-refractivity contribution in [1.82, 2.24) is 29.7 Å². The average Bonchev–Trinajstić information content (AvgIpc) is 3.51. The first-order valence-corrected chi connectivity index (χ1v) is 16.8. The van der Waals surface area contributed by atoms with E-state index in [9.17, 15) is 13.6 Å². The summed E-state index contributed by atoms with van der Waals surface area (Å²) >= 11 is 0. The summed E-state index contributed by atoms with van der Waals surface area (Å²) in [4.78, 5) is 28.2. The Balaban J connectivity index is 0.000000177. The lowest BCUT2D eigenvalue weighted by molar-refractivity contribution is 0.0456. The number of rotatable bonds is 9. The van der Waals surface area contributed by atoms with Gasteiger partial charge in [0, 0.05) is 54.9 Å². The molecule has 5 aromatic rings. The lowest BCUT2D eigenvalue weighted by Crippen LogP contribution is -2.45. The maximum Gasteiger partial charge on any atom is 0.274 e. The van der Waals surface area contributed by atoms with Crippen molar-refractivity contribution < 1.29 is 13.6 Å². The van der Waals surface area contributed by atoms with Crippen molar-refractivity contribution >= 4 is 5.91 Å². The molecule has 2 atom stereocenters. The van der Waals surface area contributed by atoms with Gasteiger partial charge in [-0.3, -0.25) is 14.8 Å². The summed E-state index contributed by atoms with van der Waals surface area (Å²) in [6.45, 7) is 4.23. The molecule has 2 aliphatic carbocycles. The van der Waals surface area contributed by atoms with E-state index >= 15 is 0 Å². The van der Waals surface area contributed by atoms with E-state index in [4.69, 9.17) is 0 Å². The van der Waals surface area contributed by atoms with Gasteiger partial charge in [0.2, 0.25) is 0 Å². The highest BCUT2D eigenvalue weighted by atomic mass is 19.1. The van der Waals surface area contributed by atoms with Gasteiger partial charge in [-0.2, -0.15) is 0 Å². The Hall–Kier alpha value is -4.76. The van der Waals surface area contributed by atoms with Crippen LogP contribution in [0, 0.1) is 11.6 Å². The lowest BCUT2D eigenvalue weighted by atomic mass is 9.89. The van der Waals surface area contributed by atoms with Crippen LogP contribution in [-0.4, -0.2) is 42.4 Å². The van der Waals surface area contributed by atoms with Gasteiger partial charge >= 0.3 is 0 Å². The molecule has 3 heterocycles. The lowest BCUT2D eigenvalue weighted by Gasteiger charge is -2.41. The fraction of sp³-hybridized carbons (Fsp3) is 0.333.